The molecule has 1 amide bonds. The first kappa shape index (κ1) is 23.8. The Hall–Kier alpha value is -3.82. The number of nitrogens with one attached hydrogen (secondary N) is 1. The zero-order valence-electron chi connectivity index (χ0n) is 17.8. The Kier molecular flexibility index (Phi) is 8.45. The number of rotatable bonds is 10. The number of ether oxygens (including phenoxy) is 5. The van der Waals surface area contributed by atoms with Crippen molar-refractivity contribution in [3.63, 3.8) is 0 Å². The maximum Gasteiger partial charge on any atom is 0.387 e. The molecule has 0 saturated heterocycles. The van der Waals surface area contributed by atoms with Gasteiger partial charge in [-0.25, -0.2) is 4.79 Å². The van der Waals surface area contributed by atoms with E-state index in [1.807, 2.05) is 18.2 Å². The van der Waals surface area contributed by atoms with Crippen LogP contribution in [0.4, 0.5) is 8.78 Å². The number of esters is 1. The molecule has 10 heteroatoms. The highest BCUT2D eigenvalue weighted by molar-refractivity contribution is 5.89. The van der Waals surface area contributed by atoms with Gasteiger partial charge in [-0.05, 0) is 47.9 Å². The molecule has 0 fully saturated rings. The van der Waals surface area contributed by atoms with Gasteiger partial charge < -0.3 is 29.0 Å². The summed E-state index contributed by atoms with van der Waals surface area (Å²) in [5.74, 6) is 0.168. The lowest BCUT2D eigenvalue weighted by atomic mass is 10.1. The maximum absolute atomic E-state index is 12.4. The fraction of sp³-hybridized carbons (Fsp3) is 0.304. The van der Waals surface area contributed by atoms with Crippen molar-refractivity contribution >= 4 is 18.0 Å². The molecule has 0 saturated carbocycles. The van der Waals surface area contributed by atoms with Crippen molar-refractivity contribution in [1.82, 2.24) is 5.32 Å². The number of methoxy groups -OCH3 is 1. The van der Waals surface area contributed by atoms with Gasteiger partial charge in [-0.3, -0.25) is 4.79 Å². The van der Waals surface area contributed by atoms with Crippen molar-refractivity contribution in [2.45, 2.75) is 13.0 Å². The molecule has 2 aromatic carbocycles. The molecule has 0 aliphatic carbocycles. The van der Waals surface area contributed by atoms with Crippen LogP contribution in [0.2, 0.25) is 0 Å². The first-order chi connectivity index (χ1) is 15.9. The number of fused-ring (bicyclic) bond motifs is 1. The van der Waals surface area contributed by atoms with Gasteiger partial charge in [0.05, 0.1) is 7.11 Å². The van der Waals surface area contributed by atoms with Gasteiger partial charge in [0.1, 0.15) is 13.2 Å². The Bertz CT molecular complexity index is 1010. The molecule has 176 valence electrons. The predicted octanol–water partition coefficient (Wildman–Crippen LogP) is 2.98. The van der Waals surface area contributed by atoms with E-state index in [2.05, 4.69) is 10.1 Å². The minimum Gasteiger partial charge on any atom is -0.493 e. The summed E-state index contributed by atoms with van der Waals surface area (Å²) in [5.41, 5.74) is 1.47. The summed E-state index contributed by atoms with van der Waals surface area (Å²) in [6.45, 7) is -2.04. The fourth-order valence-electron chi connectivity index (χ4n) is 2.97. The molecule has 0 aromatic heterocycles. The number of benzene rings is 2. The lowest BCUT2D eigenvalue weighted by Crippen LogP contribution is -2.30. The maximum atomic E-state index is 12.4. The van der Waals surface area contributed by atoms with E-state index < -0.39 is 25.1 Å². The number of carbonyl (C=O) groups is 2. The number of amides is 1. The first-order valence-corrected chi connectivity index (χ1v) is 10.1. The standard InChI is InChI=1S/C23H23F2NO7/c1-29-19-12-15(3-6-18(19)33-23(24)25)4-7-22(28)32-14-21(27)26-9-8-16-2-5-17-20(13-16)31-11-10-30-17/h2-7,12-13,23H,8-11,14H2,1H3,(H,26,27)/b7-4+. The Morgan fingerprint density at radius 3 is 2.64 bits per heavy atom. The summed E-state index contributed by atoms with van der Waals surface area (Å²) in [7, 11) is 1.31. The summed E-state index contributed by atoms with van der Waals surface area (Å²) < 4.78 is 50.0. The molecular formula is C23H23F2NO7. The van der Waals surface area contributed by atoms with Crippen LogP contribution in [0.15, 0.2) is 42.5 Å². The second-order valence-corrected chi connectivity index (χ2v) is 6.81. The number of hydrogen-bond donors (Lipinski definition) is 1. The van der Waals surface area contributed by atoms with E-state index in [4.69, 9.17) is 18.9 Å². The fourth-order valence-corrected chi connectivity index (χ4v) is 2.97. The van der Waals surface area contributed by atoms with E-state index >= 15 is 0 Å². The molecule has 1 aliphatic heterocycles. The minimum absolute atomic E-state index is 0.0863. The molecule has 1 N–H and O–H groups in total. The van der Waals surface area contributed by atoms with E-state index in [-0.39, 0.29) is 11.5 Å². The lowest BCUT2D eigenvalue weighted by Gasteiger charge is -2.18. The molecule has 0 unspecified atom stereocenters. The van der Waals surface area contributed by atoms with Gasteiger partial charge in [-0.2, -0.15) is 8.78 Å². The number of hydrogen-bond acceptors (Lipinski definition) is 7. The summed E-state index contributed by atoms with van der Waals surface area (Å²) >= 11 is 0. The highest BCUT2D eigenvalue weighted by atomic mass is 19.3. The van der Waals surface area contributed by atoms with Gasteiger partial charge >= 0.3 is 12.6 Å². The number of alkyl halides is 2. The molecule has 2 aromatic rings. The molecule has 33 heavy (non-hydrogen) atoms. The third-order valence-electron chi connectivity index (χ3n) is 4.50. The molecule has 3 rings (SSSR count). The van der Waals surface area contributed by atoms with Crippen LogP contribution < -0.4 is 24.3 Å². The largest absolute Gasteiger partial charge is 0.493 e. The average Bonchev–Trinajstić information content (AvgIpc) is 2.81. The zero-order valence-corrected chi connectivity index (χ0v) is 17.8. The normalized spacial score (nSPS) is 12.5. The van der Waals surface area contributed by atoms with Gasteiger partial charge in [0, 0.05) is 12.6 Å². The Morgan fingerprint density at radius 1 is 1.09 bits per heavy atom. The van der Waals surface area contributed by atoms with Gasteiger partial charge in [0.2, 0.25) is 0 Å². The number of halogens is 2. The van der Waals surface area contributed by atoms with Gasteiger partial charge in [-0.15, -0.1) is 0 Å². The van der Waals surface area contributed by atoms with Crippen LogP contribution in [0, 0.1) is 0 Å². The Morgan fingerprint density at radius 2 is 1.88 bits per heavy atom. The van der Waals surface area contributed by atoms with Gasteiger partial charge in [0.25, 0.3) is 5.91 Å². The second-order valence-electron chi connectivity index (χ2n) is 6.81. The molecule has 0 radical (unpaired) electrons. The summed E-state index contributed by atoms with van der Waals surface area (Å²) in [4.78, 5) is 23.8. The lowest BCUT2D eigenvalue weighted by molar-refractivity contribution is -0.143. The summed E-state index contributed by atoms with van der Waals surface area (Å²) in [6, 6.07) is 9.78. The Labute approximate surface area is 189 Å². The van der Waals surface area contributed by atoms with Crippen molar-refractivity contribution in [2.75, 3.05) is 33.5 Å². The molecule has 0 atom stereocenters. The van der Waals surface area contributed by atoms with Crippen LogP contribution >= 0.6 is 0 Å². The molecule has 0 spiro atoms. The van der Waals surface area contributed by atoms with E-state index in [0.717, 1.165) is 11.6 Å². The third kappa shape index (κ3) is 7.37. The summed E-state index contributed by atoms with van der Waals surface area (Å²) in [6.07, 6.45) is 3.09. The van der Waals surface area contributed by atoms with Crippen molar-refractivity contribution in [2.24, 2.45) is 0 Å². The van der Waals surface area contributed by atoms with Crippen LogP contribution in [0.5, 0.6) is 23.0 Å². The predicted molar refractivity (Wildman–Crippen MR) is 114 cm³/mol. The first-order valence-electron chi connectivity index (χ1n) is 10.1. The molecule has 1 aliphatic rings. The second kappa shape index (κ2) is 11.7. The smallest absolute Gasteiger partial charge is 0.387 e. The Balaban J connectivity index is 1.40. The van der Waals surface area contributed by atoms with Crippen molar-refractivity contribution in [3.8, 4) is 23.0 Å². The van der Waals surface area contributed by atoms with Crippen LogP contribution in [0.3, 0.4) is 0 Å². The van der Waals surface area contributed by atoms with Gasteiger partial charge in [0.15, 0.2) is 29.6 Å². The van der Waals surface area contributed by atoms with Crippen LogP contribution in [-0.2, 0) is 20.7 Å². The van der Waals surface area contributed by atoms with Crippen molar-refractivity contribution in [1.29, 1.82) is 0 Å². The highest BCUT2D eigenvalue weighted by Crippen LogP contribution is 2.31. The van der Waals surface area contributed by atoms with Crippen LogP contribution in [0.1, 0.15) is 11.1 Å². The SMILES string of the molecule is COc1cc(/C=C/C(=O)OCC(=O)NCCc2ccc3c(c2)OCCO3)ccc1OC(F)F. The highest BCUT2D eigenvalue weighted by Gasteiger charge is 2.13. The van der Waals surface area contributed by atoms with E-state index in [9.17, 15) is 18.4 Å². The van der Waals surface area contributed by atoms with Gasteiger partial charge in [-0.1, -0.05) is 12.1 Å². The molecular weight excluding hydrogens is 440 g/mol. The molecule has 8 nitrogen and oxygen atoms in total. The minimum atomic E-state index is -2.98. The van der Waals surface area contributed by atoms with Crippen LogP contribution in [0.25, 0.3) is 6.08 Å². The third-order valence-corrected chi connectivity index (χ3v) is 4.50. The average molecular weight is 463 g/mol. The van der Waals surface area contributed by atoms with E-state index in [1.165, 1.54) is 31.4 Å². The van der Waals surface area contributed by atoms with Crippen molar-refractivity contribution < 1.29 is 42.1 Å². The topological polar surface area (TPSA) is 92.3 Å². The molecule has 0 bridgehead atoms. The molecule has 1 heterocycles. The zero-order chi connectivity index (χ0) is 23.6. The van der Waals surface area contributed by atoms with Crippen molar-refractivity contribution in [3.05, 3.63) is 53.6 Å². The summed E-state index contributed by atoms with van der Waals surface area (Å²) in [5, 5.41) is 2.67. The number of carbonyl (C=O) groups excluding carboxylic acids is 2. The van der Waals surface area contributed by atoms with Crippen LogP contribution in [-0.4, -0.2) is 52.0 Å². The quantitative estimate of drug-likeness (QED) is 0.428. The van der Waals surface area contributed by atoms with E-state index in [0.29, 0.717) is 43.2 Å². The van der Waals surface area contributed by atoms with E-state index in [1.54, 1.807) is 0 Å². The monoisotopic (exact) mass is 463 g/mol.